The molecule has 0 bridgehead atoms. The average molecular weight is 232 g/mol. The van der Waals surface area contributed by atoms with Crippen LogP contribution >= 0.6 is 0 Å². The number of hydrogen-bond acceptors (Lipinski definition) is 4. The number of oxazole rings is 1. The molecule has 0 aliphatic heterocycles. The van der Waals surface area contributed by atoms with Crippen molar-refractivity contribution in [3.63, 3.8) is 0 Å². The lowest BCUT2D eigenvalue weighted by Crippen LogP contribution is -2.16. The highest BCUT2D eigenvalue weighted by atomic mass is 16.3. The number of rotatable bonds is 6. The van der Waals surface area contributed by atoms with Crippen LogP contribution in [0.2, 0.25) is 0 Å². The summed E-state index contributed by atoms with van der Waals surface area (Å²) in [7, 11) is 0. The maximum atomic E-state index is 5.42. The topological polar surface area (TPSA) is 51.2 Å². The standard InChI is InChI=1S/C13H16N2O2/c1-2-11(16-7-1)5-6-13-12(15-9-17-13)8-14-10-3-4-10/h1-2,7,9-10,14H,3-6,8H2. The third-order valence-corrected chi connectivity index (χ3v) is 3.04. The van der Waals surface area contributed by atoms with Gasteiger partial charge >= 0.3 is 0 Å². The van der Waals surface area contributed by atoms with Gasteiger partial charge < -0.3 is 14.2 Å². The summed E-state index contributed by atoms with van der Waals surface area (Å²) >= 11 is 0. The molecule has 0 aromatic carbocycles. The summed E-state index contributed by atoms with van der Waals surface area (Å²) in [5.41, 5.74) is 1.03. The summed E-state index contributed by atoms with van der Waals surface area (Å²) in [5.74, 6) is 1.96. The molecule has 1 aliphatic rings. The van der Waals surface area contributed by atoms with E-state index in [1.54, 1.807) is 6.26 Å². The quantitative estimate of drug-likeness (QED) is 0.830. The van der Waals surface area contributed by atoms with E-state index in [1.165, 1.54) is 19.2 Å². The van der Waals surface area contributed by atoms with Gasteiger partial charge in [0.1, 0.15) is 11.5 Å². The van der Waals surface area contributed by atoms with E-state index in [0.717, 1.165) is 36.6 Å². The van der Waals surface area contributed by atoms with Gasteiger partial charge in [-0.2, -0.15) is 0 Å². The first kappa shape index (κ1) is 10.6. The highest BCUT2D eigenvalue weighted by Gasteiger charge is 2.21. The minimum absolute atomic E-state index is 0.699. The Morgan fingerprint density at radius 3 is 3.00 bits per heavy atom. The van der Waals surface area contributed by atoms with Gasteiger partial charge in [0.05, 0.1) is 12.0 Å². The molecule has 0 amide bonds. The van der Waals surface area contributed by atoms with Crippen LogP contribution < -0.4 is 5.32 Å². The summed E-state index contributed by atoms with van der Waals surface area (Å²) in [6, 6.07) is 4.59. The molecule has 2 heterocycles. The summed E-state index contributed by atoms with van der Waals surface area (Å²) in [5, 5.41) is 3.45. The van der Waals surface area contributed by atoms with E-state index >= 15 is 0 Å². The Labute approximate surface area is 100 Å². The van der Waals surface area contributed by atoms with Crippen LogP contribution in [0.4, 0.5) is 0 Å². The van der Waals surface area contributed by atoms with Gasteiger partial charge in [0.15, 0.2) is 6.39 Å². The fourth-order valence-electron chi connectivity index (χ4n) is 1.86. The zero-order valence-corrected chi connectivity index (χ0v) is 9.69. The number of aromatic nitrogens is 1. The third-order valence-electron chi connectivity index (χ3n) is 3.04. The maximum Gasteiger partial charge on any atom is 0.181 e. The Kier molecular flexibility index (Phi) is 2.96. The molecule has 90 valence electrons. The lowest BCUT2D eigenvalue weighted by atomic mass is 10.2. The van der Waals surface area contributed by atoms with E-state index in [2.05, 4.69) is 10.3 Å². The molecule has 0 spiro atoms. The maximum absolute atomic E-state index is 5.42. The molecule has 2 aromatic heterocycles. The van der Waals surface area contributed by atoms with Crippen molar-refractivity contribution in [2.75, 3.05) is 0 Å². The molecule has 1 N–H and O–H groups in total. The van der Waals surface area contributed by atoms with Crippen LogP contribution in [0.25, 0.3) is 0 Å². The molecule has 1 fully saturated rings. The Bertz CT molecular complexity index is 457. The normalized spacial score (nSPS) is 15.3. The monoisotopic (exact) mass is 232 g/mol. The van der Waals surface area contributed by atoms with E-state index in [1.807, 2.05) is 12.1 Å². The SMILES string of the molecule is c1coc(CCc2ocnc2CNC2CC2)c1. The van der Waals surface area contributed by atoms with Crippen molar-refractivity contribution in [1.82, 2.24) is 10.3 Å². The minimum Gasteiger partial charge on any atom is -0.469 e. The first-order valence-corrected chi connectivity index (χ1v) is 6.09. The Hall–Kier alpha value is -1.55. The van der Waals surface area contributed by atoms with Crippen molar-refractivity contribution in [2.24, 2.45) is 0 Å². The van der Waals surface area contributed by atoms with E-state index in [4.69, 9.17) is 8.83 Å². The number of furan rings is 1. The second-order valence-corrected chi connectivity index (χ2v) is 4.46. The molecule has 1 saturated carbocycles. The van der Waals surface area contributed by atoms with Crippen LogP contribution in [0.3, 0.4) is 0 Å². The van der Waals surface area contributed by atoms with Crippen molar-refractivity contribution < 1.29 is 8.83 Å². The molecule has 3 rings (SSSR count). The molecular weight excluding hydrogens is 216 g/mol. The molecule has 2 aromatic rings. The van der Waals surface area contributed by atoms with Crippen molar-refractivity contribution in [3.8, 4) is 0 Å². The van der Waals surface area contributed by atoms with Crippen LogP contribution in [-0.4, -0.2) is 11.0 Å². The number of hydrogen-bond donors (Lipinski definition) is 1. The van der Waals surface area contributed by atoms with Gasteiger partial charge in [-0.15, -0.1) is 0 Å². The molecule has 0 saturated heterocycles. The summed E-state index contributed by atoms with van der Waals surface area (Å²) < 4.78 is 10.7. The molecule has 4 nitrogen and oxygen atoms in total. The molecule has 1 aliphatic carbocycles. The number of aryl methyl sites for hydroxylation is 2. The van der Waals surface area contributed by atoms with Gasteiger partial charge in [0.25, 0.3) is 0 Å². The minimum atomic E-state index is 0.699. The third kappa shape index (κ3) is 2.77. The fourth-order valence-corrected chi connectivity index (χ4v) is 1.86. The average Bonchev–Trinajstić information content (AvgIpc) is 2.86. The lowest BCUT2D eigenvalue weighted by Gasteiger charge is -2.01. The fraction of sp³-hybridized carbons (Fsp3) is 0.462. The Balaban J connectivity index is 1.56. The van der Waals surface area contributed by atoms with E-state index < -0.39 is 0 Å². The second kappa shape index (κ2) is 4.75. The largest absolute Gasteiger partial charge is 0.469 e. The van der Waals surface area contributed by atoms with Crippen molar-refractivity contribution in [3.05, 3.63) is 42.0 Å². The van der Waals surface area contributed by atoms with Crippen LogP contribution in [-0.2, 0) is 19.4 Å². The molecule has 4 heteroatoms. The highest BCUT2D eigenvalue weighted by Crippen LogP contribution is 2.20. The van der Waals surface area contributed by atoms with E-state index in [0.29, 0.717) is 6.04 Å². The van der Waals surface area contributed by atoms with E-state index in [-0.39, 0.29) is 0 Å². The van der Waals surface area contributed by atoms with Crippen LogP contribution in [0.1, 0.15) is 30.1 Å². The Morgan fingerprint density at radius 2 is 2.24 bits per heavy atom. The molecule has 0 unspecified atom stereocenters. The lowest BCUT2D eigenvalue weighted by molar-refractivity contribution is 0.469. The zero-order valence-electron chi connectivity index (χ0n) is 9.69. The van der Waals surface area contributed by atoms with Crippen LogP contribution in [0.15, 0.2) is 33.6 Å². The van der Waals surface area contributed by atoms with Crippen LogP contribution in [0, 0.1) is 0 Å². The predicted octanol–water partition coefficient (Wildman–Crippen LogP) is 2.30. The Morgan fingerprint density at radius 1 is 1.29 bits per heavy atom. The van der Waals surface area contributed by atoms with Crippen molar-refractivity contribution in [1.29, 1.82) is 0 Å². The predicted molar refractivity (Wildman–Crippen MR) is 62.5 cm³/mol. The van der Waals surface area contributed by atoms with Crippen LogP contribution in [0.5, 0.6) is 0 Å². The van der Waals surface area contributed by atoms with E-state index in [9.17, 15) is 0 Å². The van der Waals surface area contributed by atoms with Crippen molar-refractivity contribution in [2.45, 2.75) is 38.3 Å². The first-order chi connectivity index (χ1) is 8.42. The van der Waals surface area contributed by atoms with Gasteiger partial charge in [-0.05, 0) is 25.0 Å². The van der Waals surface area contributed by atoms with Gasteiger partial charge in [0.2, 0.25) is 0 Å². The van der Waals surface area contributed by atoms with Crippen molar-refractivity contribution >= 4 is 0 Å². The summed E-state index contributed by atoms with van der Waals surface area (Å²) in [4.78, 5) is 4.26. The highest BCUT2D eigenvalue weighted by molar-refractivity contribution is 5.10. The van der Waals surface area contributed by atoms with Gasteiger partial charge in [-0.1, -0.05) is 0 Å². The van der Waals surface area contributed by atoms with Gasteiger partial charge in [-0.25, -0.2) is 4.98 Å². The second-order valence-electron chi connectivity index (χ2n) is 4.46. The van der Waals surface area contributed by atoms with Gasteiger partial charge in [-0.3, -0.25) is 0 Å². The van der Waals surface area contributed by atoms with Gasteiger partial charge in [0, 0.05) is 25.4 Å². The number of nitrogens with zero attached hydrogens (tertiary/aromatic N) is 1. The molecule has 17 heavy (non-hydrogen) atoms. The summed E-state index contributed by atoms with van der Waals surface area (Å²) in [6.45, 7) is 0.814. The first-order valence-electron chi connectivity index (χ1n) is 6.09. The molecular formula is C13H16N2O2. The number of nitrogens with one attached hydrogen (secondary N) is 1. The smallest absolute Gasteiger partial charge is 0.181 e. The molecule has 0 radical (unpaired) electrons. The summed E-state index contributed by atoms with van der Waals surface area (Å²) in [6.07, 6.45) is 7.51. The molecule has 0 atom stereocenters. The zero-order chi connectivity index (χ0) is 11.5.